The Bertz CT molecular complexity index is 1140. The SMILES string of the molecule is COc1ccc(OC)c([C@H](c2c(O)[nH]c(=S)[nH]c2=O)N(Cc2ccccc2)C(C)C)c1. The van der Waals surface area contributed by atoms with E-state index in [1.165, 1.54) is 0 Å². The molecule has 164 valence electrons. The molecule has 0 unspecified atom stereocenters. The van der Waals surface area contributed by atoms with Crippen molar-refractivity contribution in [3.63, 3.8) is 0 Å². The molecular weight excluding hydrogens is 414 g/mol. The first-order valence-corrected chi connectivity index (χ1v) is 10.3. The first-order valence-electron chi connectivity index (χ1n) is 9.92. The fraction of sp³-hybridized carbons (Fsp3) is 0.304. The first-order chi connectivity index (χ1) is 14.8. The molecule has 0 amide bonds. The molecule has 0 aliphatic rings. The number of aromatic nitrogens is 2. The van der Waals surface area contributed by atoms with E-state index in [0.717, 1.165) is 5.56 Å². The third-order valence-corrected chi connectivity index (χ3v) is 5.37. The van der Waals surface area contributed by atoms with Crippen molar-refractivity contribution in [1.29, 1.82) is 0 Å². The van der Waals surface area contributed by atoms with Gasteiger partial charge in [-0.1, -0.05) is 30.3 Å². The van der Waals surface area contributed by atoms with Gasteiger partial charge in [-0.2, -0.15) is 0 Å². The lowest BCUT2D eigenvalue weighted by molar-refractivity contribution is 0.161. The number of hydrogen-bond donors (Lipinski definition) is 3. The van der Waals surface area contributed by atoms with Crippen LogP contribution in [-0.4, -0.2) is 40.2 Å². The summed E-state index contributed by atoms with van der Waals surface area (Å²) in [5.74, 6) is 0.914. The number of aromatic amines is 2. The second-order valence-corrected chi connectivity index (χ2v) is 7.84. The van der Waals surface area contributed by atoms with Crippen LogP contribution in [0.25, 0.3) is 0 Å². The van der Waals surface area contributed by atoms with Crippen molar-refractivity contribution in [2.75, 3.05) is 14.2 Å². The van der Waals surface area contributed by atoms with Crippen LogP contribution in [0.3, 0.4) is 0 Å². The van der Waals surface area contributed by atoms with Gasteiger partial charge in [0, 0.05) is 18.2 Å². The zero-order valence-electron chi connectivity index (χ0n) is 18.0. The number of methoxy groups -OCH3 is 2. The highest BCUT2D eigenvalue weighted by Gasteiger charge is 2.32. The molecule has 0 aliphatic heterocycles. The Morgan fingerprint density at radius 1 is 1.06 bits per heavy atom. The molecule has 0 saturated heterocycles. The van der Waals surface area contributed by atoms with Crippen molar-refractivity contribution in [2.45, 2.75) is 32.5 Å². The molecule has 3 aromatic rings. The van der Waals surface area contributed by atoms with Crippen LogP contribution >= 0.6 is 12.2 Å². The molecule has 2 aromatic carbocycles. The Morgan fingerprint density at radius 3 is 2.35 bits per heavy atom. The van der Waals surface area contributed by atoms with Crippen LogP contribution in [0.4, 0.5) is 0 Å². The van der Waals surface area contributed by atoms with E-state index >= 15 is 0 Å². The Hall–Kier alpha value is -3.10. The van der Waals surface area contributed by atoms with Crippen LogP contribution in [0, 0.1) is 4.77 Å². The number of ether oxygens (including phenoxy) is 2. The van der Waals surface area contributed by atoms with Crippen molar-refractivity contribution in [1.82, 2.24) is 14.9 Å². The first kappa shape index (κ1) is 22.6. The van der Waals surface area contributed by atoms with Crippen LogP contribution in [0.5, 0.6) is 17.4 Å². The van der Waals surface area contributed by atoms with E-state index in [0.29, 0.717) is 23.6 Å². The quantitative estimate of drug-likeness (QED) is 0.455. The number of nitrogens with one attached hydrogen (secondary N) is 2. The third-order valence-electron chi connectivity index (χ3n) is 5.17. The lowest BCUT2D eigenvalue weighted by atomic mass is 9.95. The molecule has 1 heterocycles. The molecule has 31 heavy (non-hydrogen) atoms. The van der Waals surface area contributed by atoms with Crippen LogP contribution in [0.1, 0.15) is 36.6 Å². The molecule has 8 heteroatoms. The fourth-order valence-corrected chi connectivity index (χ4v) is 3.85. The van der Waals surface area contributed by atoms with Gasteiger partial charge in [0.1, 0.15) is 11.5 Å². The summed E-state index contributed by atoms with van der Waals surface area (Å²) in [4.78, 5) is 20.4. The summed E-state index contributed by atoms with van der Waals surface area (Å²) >= 11 is 5.03. The number of hydrogen-bond acceptors (Lipinski definition) is 6. The largest absolute Gasteiger partial charge is 0.497 e. The van der Waals surface area contributed by atoms with Gasteiger partial charge in [0.2, 0.25) is 5.88 Å². The van der Waals surface area contributed by atoms with Gasteiger partial charge in [0.15, 0.2) is 4.77 Å². The van der Waals surface area contributed by atoms with Gasteiger partial charge >= 0.3 is 0 Å². The van der Waals surface area contributed by atoms with Gasteiger partial charge in [0.05, 0.1) is 25.8 Å². The Morgan fingerprint density at radius 2 is 1.77 bits per heavy atom. The second kappa shape index (κ2) is 9.80. The predicted molar refractivity (Wildman–Crippen MR) is 122 cm³/mol. The number of rotatable bonds is 8. The van der Waals surface area contributed by atoms with E-state index in [2.05, 4.69) is 14.9 Å². The number of nitrogens with zero attached hydrogens (tertiary/aromatic N) is 1. The van der Waals surface area contributed by atoms with E-state index < -0.39 is 11.6 Å². The molecule has 0 aliphatic carbocycles. The highest BCUT2D eigenvalue weighted by molar-refractivity contribution is 7.71. The topological polar surface area (TPSA) is 90.6 Å². The fourth-order valence-electron chi connectivity index (χ4n) is 3.66. The average molecular weight is 442 g/mol. The van der Waals surface area contributed by atoms with Gasteiger partial charge in [-0.15, -0.1) is 0 Å². The van der Waals surface area contributed by atoms with Crippen molar-refractivity contribution in [3.8, 4) is 17.4 Å². The minimum absolute atomic E-state index is 0.0168. The van der Waals surface area contributed by atoms with Gasteiger partial charge in [-0.25, -0.2) is 0 Å². The molecule has 1 atom stereocenters. The van der Waals surface area contributed by atoms with E-state index in [9.17, 15) is 9.90 Å². The predicted octanol–water partition coefficient (Wildman–Crippen LogP) is 4.16. The zero-order valence-corrected chi connectivity index (χ0v) is 18.8. The zero-order chi connectivity index (χ0) is 22.5. The molecule has 1 aromatic heterocycles. The highest BCUT2D eigenvalue weighted by atomic mass is 32.1. The average Bonchev–Trinajstić information content (AvgIpc) is 2.75. The van der Waals surface area contributed by atoms with Crippen LogP contribution in [0.15, 0.2) is 53.3 Å². The van der Waals surface area contributed by atoms with Crippen molar-refractivity contribution in [3.05, 3.63) is 80.3 Å². The normalized spacial score (nSPS) is 12.2. The summed E-state index contributed by atoms with van der Waals surface area (Å²) < 4.78 is 11.1. The van der Waals surface area contributed by atoms with Gasteiger partial charge in [-0.05, 0) is 49.8 Å². The minimum Gasteiger partial charge on any atom is -0.497 e. The Kier molecular flexibility index (Phi) is 7.14. The third kappa shape index (κ3) is 4.98. The highest BCUT2D eigenvalue weighted by Crippen LogP contribution is 2.39. The van der Waals surface area contributed by atoms with Crippen LogP contribution in [-0.2, 0) is 6.54 Å². The number of benzene rings is 2. The van der Waals surface area contributed by atoms with Gasteiger partial charge < -0.3 is 19.6 Å². The summed E-state index contributed by atoms with van der Waals surface area (Å²) in [6.07, 6.45) is 0. The monoisotopic (exact) mass is 441 g/mol. The molecule has 0 bridgehead atoms. The summed E-state index contributed by atoms with van der Waals surface area (Å²) in [7, 11) is 3.15. The van der Waals surface area contributed by atoms with E-state index in [1.807, 2.05) is 50.2 Å². The molecule has 0 radical (unpaired) electrons. The maximum absolute atomic E-state index is 13.0. The van der Waals surface area contributed by atoms with Crippen molar-refractivity contribution < 1.29 is 14.6 Å². The van der Waals surface area contributed by atoms with Gasteiger partial charge in [-0.3, -0.25) is 14.7 Å². The molecule has 3 rings (SSSR count). The van der Waals surface area contributed by atoms with E-state index in [1.54, 1.807) is 26.4 Å². The smallest absolute Gasteiger partial charge is 0.260 e. The lowest BCUT2D eigenvalue weighted by Crippen LogP contribution is -2.38. The van der Waals surface area contributed by atoms with Crippen molar-refractivity contribution in [2.24, 2.45) is 0 Å². The Labute approximate surface area is 186 Å². The van der Waals surface area contributed by atoms with Crippen molar-refractivity contribution >= 4 is 12.2 Å². The summed E-state index contributed by atoms with van der Waals surface area (Å²) in [5.41, 5.74) is 1.46. The summed E-state index contributed by atoms with van der Waals surface area (Å²) in [5, 5.41) is 10.7. The Balaban J connectivity index is 2.29. The summed E-state index contributed by atoms with van der Waals surface area (Å²) in [6.45, 7) is 4.62. The number of H-pyrrole nitrogens is 2. The summed E-state index contributed by atoms with van der Waals surface area (Å²) in [6, 6.07) is 14.7. The molecule has 7 nitrogen and oxygen atoms in total. The lowest BCUT2D eigenvalue weighted by Gasteiger charge is -2.36. The number of aromatic hydroxyl groups is 1. The molecule has 0 spiro atoms. The van der Waals surface area contributed by atoms with E-state index in [4.69, 9.17) is 21.7 Å². The van der Waals surface area contributed by atoms with E-state index in [-0.39, 0.29) is 22.3 Å². The standard InChI is InChI=1S/C23H27N3O4S/c1-14(2)26(13-15-8-6-5-7-9-15)20(19-21(27)24-23(31)25-22(19)28)17-12-16(29-3)10-11-18(17)30-4/h5-12,14,20H,13H2,1-4H3,(H3,24,25,27,28,31)/t20-/m1/s1. The van der Waals surface area contributed by atoms with Gasteiger partial charge in [0.25, 0.3) is 5.56 Å². The van der Waals surface area contributed by atoms with Crippen LogP contribution in [0.2, 0.25) is 0 Å². The maximum atomic E-state index is 13.0. The minimum atomic E-state index is -0.638. The molecular formula is C23H27N3O4S. The molecule has 0 saturated carbocycles. The molecule has 3 N–H and O–H groups in total. The molecule has 0 fully saturated rings. The maximum Gasteiger partial charge on any atom is 0.260 e. The van der Waals surface area contributed by atoms with Crippen LogP contribution < -0.4 is 15.0 Å². The second-order valence-electron chi connectivity index (χ2n) is 7.43.